The summed E-state index contributed by atoms with van der Waals surface area (Å²) in [7, 11) is 3.76. The molecule has 0 bridgehead atoms. The van der Waals surface area contributed by atoms with Crippen LogP contribution in [0.25, 0.3) is 0 Å². The lowest BCUT2D eigenvalue weighted by Gasteiger charge is -2.25. The van der Waals surface area contributed by atoms with E-state index in [-0.39, 0.29) is 29.8 Å². The van der Waals surface area contributed by atoms with Gasteiger partial charge in [-0.3, -0.25) is 9.89 Å². The third-order valence-corrected chi connectivity index (χ3v) is 4.56. The van der Waals surface area contributed by atoms with Gasteiger partial charge in [-0.1, -0.05) is 12.1 Å². The Hall–Kier alpha value is -0.930. The smallest absolute Gasteiger partial charge is 0.194 e. The van der Waals surface area contributed by atoms with Crippen molar-refractivity contribution >= 4 is 29.9 Å². The standard InChI is InChI=1S/C19H31FN4O.HI/c1-4-21-19(23(2)15-16-7-9-17(20)10-8-16)22-14-18-6-5-11-24(18)12-13-25-3;/h7-10,18H,4-6,11-15H2,1-3H3,(H,21,22);1H. The third kappa shape index (κ3) is 7.36. The third-order valence-electron chi connectivity index (χ3n) is 4.56. The minimum Gasteiger partial charge on any atom is -0.383 e. The molecule has 1 unspecified atom stereocenters. The van der Waals surface area contributed by atoms with E-state index in [1.54, 1.807) is 7.11 Å². The Balaban J connectivity index is 0.00000338. The largest absolute Gasteiger partial charge is 0.383 e. The van der Waals surface area contributed by atoms with E-state index in [1.807, 2.05) is 19.2 Å². The summed E-state index contributed by atoms with van der Waals surface area (Å²) in [5.41, 5.74) is 1.07. The molecule has 5 nitrogen and oxygen atoms in total. The predicted octanol–water partition coefficient (Wildman–Crippen LogP) is 2.95. The molecule has 1 N–H and O–H groups in total. The summed E-state index contributed by atoms with van der Waals surface area (Å²) >= 11 is 0. The first-order chi connectivity index (χ1) is 12.1. The number of aliphatic imine (C=N–C) groups is 1. The van der Waals surface area contributed by atoms with Crippen molar-refractivity contribution in [3.05, 3.63) is 35.6 Å². The van der Waals surface area contributed by atoms with Crippen LogP contribution in [0.15, 0.2) is 29.3 Å². The van der Waals surface area contributed by atoms with Crippen molar-refractivity contribution in [1.82, 2.24) is 15.1 Å². The fraction of sp³-hybridized carbons (Fsp3) is 0.632. The topological polar surface area (TPSA) is 40.1 Å². The first kappa shape index (κ1) is 23.1. The zero-order valence-corrected chi connectivity index (χ0v) is 18.4. The van der Waals surface area contributed by atoms with Gasteiger partial charge in [0.05, 0.1) is 13.2 Å². The highest BCUT2D eigenvalue weighted by atomic mass is 127. The van der Waals surface area contributed by atoms with Crippen LogP contribution in [0.2, 0.25) is 0 Å². The Morgan fingerprint density at radius 2 is 2.12 bits per heavy atom. The molecule has 0 aliphatic carbocycles. The molecule has 1 saturated heterocycles. The van der Waals surface area contributed by atoms with Crippen LogP contribution in [0.5, 0.6) is 0 Å². The molecule has 7 heteroatoms. The Morgan fingerprint density at radius 3 is 2.77 bits per heavy atom. The lowest BCUT2D eigenvalue weighted by Crippen LogP contribution is -2.40. The average molecular weight is 478 g/mol. The number of guanidine groups is 1. The summed E-state index contributed by atoms with van der Waals surface area (Å²) in [6.45, 7) is 7.26. The second-order valence-electron chi connectivity index (χ2n) is 6.50. The number of methoxy groups -OCH3 is 1. The highest BCUT2D eigenvalue weighted by molar-refractivity contribution is 14.0. The second-order valence-corrected chi connectivity index (χ2v) is 6.50. The van der Waals surface area contributed by atoms with E-state index in [1.165, 1.54) is 25.0 Å². The molecule has 0 aromatic heterocycles. The van der Waals surface area contributed by atoms with Gasteiger partial charge in [0.25, 0.3) is 0 Å². The summed E-state index contributed by atoms with van der Waals surface area (Å²) < 4.78 is 18.3. The maximum Gasteiger partial charge on any atom is 0.194 e. The average Bonchev–Trinajstić information content (AvgIpc) is 3.06. The van der Waals surface area contributed by atoms with Gasteiger partial charge in [0.1, 0.15) is 5.82 Å². The number of likely N-dealkylation sites (tertiary alicyclic amines) is 1. The first-order valence-electron chi connectivity index (χ1n) is 9.11. The van der Waals surface area contributed by atoms with Crippen LogP contribution in [0, 0.1) is 5.82 Å². The second kappa shape index (κ2) is 12.5. The Labute approximate surface area is 174 Å². The highest BCUT2D eigenvalue weighted by Crippen LogP contribution is 2.17. The Morgan fingerprint density at radius 1 is 1.38 bits per heavy atom. The number of halogens is 2. The number of nitrogens with zero attached hydrogens (tertiary/aromatic N) is 3. The van der Waals surface area contributed by atoms with E-state index in [2.05, 4.69) is 22.0 Å². The lowest BCUT2D eigenvalue weighted by atomic mass is 10.2. The van der Waals surface area contributed by atoms with Crippen LogP contribution in [-0.4, -0.2) is 68.7 Å². The van der Waals surface area contributed by atoms with Gasteiger partial charge in [-0.25, -0.2) is 4.39 Å². The van der Waals surface area contributed by atoms with Crippen LogP contribution in [-0.2, 0) is 11.3 Å². The quantitative estimate of drug-likeness (QED) is 0.355. The van der Waals surface area contributed by atoms with Gasteiger partial charge in [0.2, 0.25) is 0 Å². The molecule has 1 aromatic rings. The summed E-state index contributed by atoms with van der Waals surface area (Å²) in [6.07, 6.45) is 2.42. The Bertz CT molecular complexity index is 541. The normalized spacial score (nSPS) is 17.8. The zero-order valence-electron chi connectivity index (χ0n) is 16.1. The van der Waals surface area contributed by atoms with Gasteiger partial charge in [-0.2, -0.15) is 0 Å². The molecule has 148 valence electrons. The number of hydrogen-bond donors (Lipinski definition) is 1. The van der Waals surface area contributed by atoms with Crippen molar-refractivity contribution < 1.29 is 9.13 Å². The maximum atomic E-state index is 13.1. The van der Waals surface area contributed by atoms with Crippen LogP contribution in [0.4, 0.5) is 4.39 Å². The van der Waals surface area contributed by atoms with Crippen molar-refractivity contribution in [3.8, 4) is 0 Å². The first-order valence-corrected chi connectivity index (χ1v) is 9.11. The van der Waals surface area contributed by atoms with Crippen molar-refractivity contribution in [2.75, 3.05) is 46.9 Å². The van der Waals surface area contributed by atoms with Crippen molar-refractivity contribution in [1.29, 1.82) is 0 Å². The number of benzene rings is 1. The molecule has 26 heavy (non-hydrogen) atoms. The lowest BCUT2D eigenvalue weighted by molar-refractivity contribution is 0.142. The molecular weight excluding hydrogens is 446 g/mol. The molecule has 1 aliphatic rings. The monoisotopic (exact) mass is 478 g/mol. The van der Waals surface area contributed by atoms with E-state index in [0.717, 1.165) is 44.3 Å². The van der Waals surface area contributed by atoms with Crippen molar-refractivity contribution in [2.24, 2.45) is 4.99 Å². The molecule has 2 rings (SSSR count). The molecule has 0 spiro atoms. The van der Waals surface area contributed by atoms with E-state index in [0.29, 0.717) is 12.6 Å². The number of nitrogens with one attached hydrogen (secondary N) is 1. The van der Waals surface area contributed by atoms with E-state index < -0.39 is 0 Å². The molecule has 1 heterocycles. The molecule has 1 fully saturated rings. The van der Waals surface area contributed by atoms with Gasteiger partial charge in [-0.15, -0.1) is 24.0 Å². The number of ether oxygens (including phenoxy) is 1. The van der Waals surface area contributed by atoms with Crippen LogP contribution < -0.4 is 5.32 Å². The van der Waals surface area contributed by atoms with Crippen LogP contribution in [0.1, 0.15) is 25.3 Å². The van der Waals surface area contributed by atoms with Crippen LogP contribution >= 0.6 is 24.0 Å². The van der Waals surface area contributed by atoms with E-state index in [4.69, 9.17) is 9.73 Å². The highest BCUT2D eigenvalue weighted by Gasteiger charge is 2.24. The summed E-state index contributed by atoms with van der Waals surface area (Å²) in [4.78, 5) is 9.40. The minimum atomic E-state index is -0.204. The van der Waals surface area contributed by atoms with Gasteiger partial charge >= 0.3 is 0 Å². The molecular formula is C19H32FIN4O. The SMILES string of the molecule is CCNC(=NCC1CCCN1CCOC)N(C)Cc1ccc(F)cc1.I. The van der Waals surface area contributed by atoms with Gasteiger partial charge in [0.15, 0.2) is 5.96 Å². The van der Waals surface area contributed by atoms with Crippen molar-refractivity contribution in [3.63, 3.8) is 0 Å². The summed E-state index contributed by atoms with van der Waals surface area (Å²) in [5, 5.41) is 3.35. The molecule has 0 saturated carbocycles. The predicted molar refractivity (Wildman–Crippen MR) is 116 cm³/mol. The van der Waals surface area contributed by atoms with E-state index in [9.17, 15) is 4.39 Å². The summed E-state index contributed by atoms with van der Waals surface area (Å²) in [6, 6.07) is 7.12. The molecule has 1 aromatic carbocycles. The van der Waals surface area contributed by atoms with Crippen molar-refractivity contribution in [2.45, 2.75) is 32.4 Å². The zero-order chi connectivity index (χ0) is 18.1. The molecule has 1 atom stereocenters. The maximum absolute atomic E-state index is 13.1. The molecule has 1 aliphatic heterocycles. The molecule has 0 radical (unpaired) electrons. The number of rotatable bonds is 8. The molecule has 0 amide bonds. The van der Waals surface area contributed by atoms with Gasteiger partial charge < -0.3 is 15.0 Å². The fourth-order valence-corrected chi connectivity index (χ4v) is 3.20. The fourth-order valence-electron chi connectivity index (χ4n) is 3.20. The van der Waals surface area contributed by atoms with E-state index >= 15 is 0 Å². The Kier molecular flexibility index (Phi) is 11.1. The number of hydrogen-bond acceptors (Lipinski definition) is 3. The van der Waals surface area contributed by atoms with Gasteiger partial charge in [-0.05, 0) is 44.0 Å². The van der Waals surface area contributed by atoms with Gasteiger partial charge in [0, 0.05) is 39.8 Å². The minimum absolute atomic E-state index is 0. The van der Waals surface area contributed by atoms with Crippen LogP contribution in [0.3, 0.4) is 0 Å². The summed E-state index contributed by atoms with van der Waals surface area (Å²) in [5.74, 6) is 0.690.